The number of thioether (sulfide) groups is 1. The van der Waals surface area contributed by atoms with Crippen LogP contribution in [0.5, 0.6) is 0 Å². The summed E-state index contributed by atoms with van der Waals surface area (Å²) in [5.41, 5.74) is 0.793. The fraction of sp³-hybridized carbons (Fsp3) is 0.588. The zero-order valence-corrected chi connectivity index (χ0v) is 14.4. The third kappa shape index (κ3) is 5.81. The average Bonchev–Trinajstić information content (AvgIpc) is 2.53. The molecule has 0 aliphatic heterocycles. The molecule has 0 N–H and O–H groups in total. The first-order valence-electron chi connectivity index (χ1n) is 7.56. The standard InChI is InChI=1S/C17H27NO2S/c1-5-15(6-2)18(11-12-20-3)13-17(19)14-7-9-16(21-4)10-8-14/h7-10,15H,5-6,11-13H2,1-4H3. The summed E-state index contributed by atoms with van der Waals surface area (Å²) in [5.74, 6) is 0.186. The third-order valence-corrected chi connectivity index (χ3v) is 4.54. The van der Waals surface area contributed by atoms with Crippen LogP contribution in [0, 0.1) is 0 Å². The molecule has 0 unspecified atom stereocenters. The smallest absolute Gasteiger partial charge is 0.176 e. The Hall–Kier alpha value is -0.840. The molecule has 0 amide bonds. The van der Waals surface area contributed by atoms with Gasteiger partial charge in [0.15, 0.2) is 5.78 Å². The normalized spacial score (nSPS) is 11.3. The van der Waals surface area contributed by atoms with Crippen LogP contribution in [0.3, 0.4) is 0 Å². The second-order valence-electron chi connectivity index (χ2n) is 5.09. The molecule has 0 aromatic heterocycles. The summed E-state index contributed by atoms with van der Waals surface area (Å²) in [7, 11) is 1.70. The summed E-state index contributed by atoms with van der Waals surface area (Å²) in [4.78, 5) is 15.9. The molecule has 0 aliphatic rings. The number of Topliss-reactive ketones (excluding diaryl/α,β-unsaturated/α-hetero) is 1. The van der Waals surface area contributed by atoms with E-state index < -0.39 is 0 Å². The van der Waals surface area contributed by atoms with Crippen LogP contribution in [0.15, 0.2) is 29.2 Å². The summed E-state index contributed by atoms with van der Waals surface area (Å²) in [6, 6.07) is 8.31. The Morgan fingerprint density at radius 3 is 2.33 bits per heavy atom. The zero-order valence-electron chi connectivity index (χ0n) is 13.6. The minimum absolute atomic E-state index is 0.186. The summed E-state index contributed by atoms with van der Waals surface area (Å²) < 4.78 is 5.17. The lowest BCUT2D eigenvalue weighted by Gasteiger charge is -2.29. The SMILES string of the molecule is CCC(CC)N(CCOC)CC(=O)c1ccc(SC)cc1. The molecule has 4 heteroatoms. The summed E-state index contributed by atoms with van der Waals surface area (Å²) in [6.07, 6.45) is 4.15. The number of hydrogen-bond acceptors (Lipinski definition) is 4. The number of ether oxygens (including phenoxy) is 1. The highest BCUT2D eigenvalue weighted by Gasteiger charge is 2.18. The van der Waals surface area contributed by atoms with Gasteiger partial charge in [-0.25, -0.2) is 0 Å². The fourth-order valence-electron chi connectivity index (χ4n) is 2.46. The van der Waals surface area contributed by atoms with E-state index in [-0.39, 0.29) is 5.78 Å². The summed E-state index contributed by atoms with van der Waals surface area (Å²) in [5, 5.41) is 0. The van der Waals surface area contributed by atoms with Crippen LogP contribution in [0.25, 0.3) is 0 Å². The van der Waals surface area contributed by atoms with E-state index in [1.54, 1.807) is 18.9 Å². The van der Waals surface area contributed by atoms with Crippen molar-refractivity contribution in [2.75, 3.05) is 33.1 Å². The molecule has 0 heterocycles. The van der Waals surface area contributed by atoms with Gasteiger partial charge >= 0.3 is 0 Å². The van der Waals surface area contributed by atoms with Crippen LogP contribution in [0.1, 0.15) is 37.0 Å². The second kappa shape index (κ2) is 9.98. The fourth-order valence-corrected chi connectivity index (χ4v) is 2.87. The quantitative estimate of drug-likeness (QED) is 0.486. The van der Waals surface area contributed by atoms with Crippen molar-refractivity contribution in [1.29, 1.82) is 0 Å². The molecule has 118 valence electrons. The molecule has 0 spiro atoms. The van der Waals surface area contributed by atoms with Crippen LogP contribution in [-0.4, -0.2) is 49.8 Å². The van der Waals surface area contributed by atoms with Crippen LogP contribution in [0.4, 0.5) is 0 Å². The lowest BCUT2D eigenvalue weighted by molar-refractivity contribution is 0.0811. The van der Waals surface area contributed by atoms with Gasteiger partial charge in [0, 0.05) is 30.2 Å². The highest BCUT2D eigenvalue weighted by Crippen LogP contribution is 2.16. The predicted molar refractivity (Wildman–Crippen MR) is 90.4 cm³/mol. The molecule has 3 nitrogen and oxygen atoms in total. The largest absolute Gasteiger partial charge is 0.383 e. The predicted octanol–water partition coefficient (Wildman–Crippen LogP) is 3.73. The van der Waals surface area contributed by atoms with Gasteiger partial charge in [0.05, 0.1) is 13.2 Å². The molecule has 0 bridgehead atoms. The Balaban J connectivity index is 2.73. The maximum Gasteiger partial charge on any atom is 0.176 e. The van der Waals surface area contributed by atoms with Crippen LogP contribution in [0.2, 0.25) is 0 Å². The van der Waals surface area contributed by atoms with Crippen molar-refractivity contribution in [3.8, 4) is 0 Å². The van der Waals surface area contributed by atoms with E-state index in [0.29, 0.717) is 19.2 Å². The molecule has 0 atom stereocenters. The number of ketones is 1. The number of nitrogens with zero attached hydrogens (tertiary/aromatic N) is 1. The molecule has 0 radical (unpaired) electrons. The first-order valence-corrected chi connectivity index (χ1v) is 8.78. The average molecular weight is 309 g/mol. The Labute approximate surface area is 133 Å². The molecule has 0 fully saturated rings. The first kappa shape index (κ1) is 18.2. The summed E-state index contributed by atoms with van der Waals surface area (Å²) in [6.45, 7) is 6.28. The molecule has 0 saturated carbocycles. The van der Waals surface area contributed by atoms with E-state index in [2.05, 4.69) is 18.7 Å². The van der Waals surface area contributed by atoms with Crippen molar-refractivity contribution in [2.45, 2.75) is 37.6 Å². The highest BCUT2D eigenvalue weighted by molar-refractivity contribution is 7.98. The van der Waals surface area contributed by atoms with Crippen molar-refractivity contribution in [3.63, 3.8) is 0 Å². The molecule has 0 aliphatic carbocycles. The van der Waals surface area contributed by atoms with E-state index in [1.165, 1.54) is 4.90 Å². The van der Waals surface area contributed by atoms with Gasteiger partial charge in [-0.2, -0.15) is 0 Å². The van der Waals surface area contributed by atoms with Gasteiger partial charge in [0.2, 0.25) is 0 Å². The number of methoxy groups -OCH3 is 1. The Morgan fingerprint density at radius 2 is 1.86 bits per heavy atom. The Kier molecular flexibility index (Phi) is 8.66. The van der Waals surface area contributed by atoms with E-state index in [4.69, 9.17) is 4.74 Å². The molecule has 1 rings (SSSR count). The van der Waals surface area contributed by atoms with E-state index in [9.17, 15) is 4.79 Å². The van der Waals surface area contributed by atoms with Crippen LogP contribution >= 0.6 is 11.8 Å². The molecule has 1 aromatic carbocycles. The minimum Gasteiger partial charge on any atom is -0.383 e. The van der Waals surface area contributed by atoms with Gasteiger partial charge in [-0.05, 0) is 31.2 Å². The van der Waals surface area contributed by atoms with Gasteiger partial charge in [0.25, 0.3) is 0 Å². The molecule has 1 aromatic rings. The number of carbonyl (C=O) groups is 1. The monoisotopic (exact) mass is 309 g/mol. The third-order valence-electron chi connectivity index (χ3n) is 3.80. The van der Waals surface area contributed by atoms with Crippen molar-refractivity contribution in [3.05, 3.63) is 29.8 Å². The van der Waals surface area contributed by atoms with Gasteiger partial charge in [-0.3, -0.25) is 9.69 Å². The topological polar surface area (TPSA) is 29.5 Å². The maximum atomic E-state index is 12.5. The van der Waals surface area contributed by atoms with E-state index in [1.807, 2.05) is 30.5 Å². The molecule has 21 heavy (non-hydrogen) atoms. The highest BCUT2D eigenvalue weighted by atomic mass is 32.2. The summed E-state index contributed by atoms with van der Waals surface area (Å²) >= 11 is 1.69. The van der Waals surface area contributed by atoms with Gasteiger partial charge in [0.1, 0.15) is 0 Å². The van der Waals surface area contributed by atoms with Gasteiger partial charge in [-0.1, -0.05) is 26.0 Å². The van der Waals surface area contributed by atoms with Gasteiger partial charge in [-0.15, -0.1) is 11.8 Å². The number of rotatable bonds is 10. The van der Waals surface area contributed by atoms with Crippen LogP contribution in [-0.2, 0) is 4.74 Å². The number of carbonyl (C=O) groups excluding carboxylic acids is 1. The van der Waals surface area contributed by atoms with Crippen LogP contribution < -0.4 is 0 Å². The second-order valence-corrected chi connectivity index (χ2v) is 5.96. The van der Waals surface area contributed by atoms with Crippen molar-refractivity contribution in [1.82, 2.24) is 4.90 Å². The number of hydrogen-bond donors (Lipinski definition) is 0. The Bertz CT molecular complexity index is 415. The maximum absolute atomic E-state index is 12.5. The minimum atomic E-state index is 0.186. The molecular weight excluding hydrogens is 282 g/mol. The van der Waals surface area contributed by atoms with Crippen molar-refractivity contribution >= 4 is 17.5 Å². The Morgan fingerprint density at radius 1 is 1.24 bits per heavy atom. The van der Waals surface area contributed by atoms with E-state index >= 15 is 0 Å². The zero-order chi connectivity index (χ0) is 15.7. The first-order chi connectivity index (χ1) is 10.2. The van der Waals surface area contributed by atoms with Gasteiger partial charge < -0.3 is 4.74 Å². The molecular formula is C17H27NO2S. The number of benzene rings is 1. The van der Waals surface area contributed by atoms with Crippen molar-refractivity contribution in [2.24, 2.45) is 0 Å². The van der Waals surface area contributed by atoms with Crippen molar-refractivity contribution < 1.29 is 9.53 Å². The van der Waals surface area contributed by atoms with E-state index in [0.717, 1.165) is 24.9 Å². The lowest BCUT2D eigenvalue weighted by Crippen LogP contribution is -2.40. The molecule has 0 saturated heterocycles. The lowest BCUT2D eigenvalue weighted by atomic mass is 10.1.